The molecule has 28 heavy (non-hydrogen) atoms. The van der Waals surface area contributed by atoms with E-state index in [2.05, 4.69) is 12.2 Å². The molecule has 0 aromatic heterocycles. The molecule has 3 N–H and O–H groups in total. The summed E-state index contributed by atoms with van der Waals surface area (Å²) >= 11 is 0. The minimum absolute atomic E-state index is 0.152. The number of aliphatic hydroxyl groups is 2. The van der Waals surface area contributed by atoms with Gasteiger partial charge in [-0.1, -0.05) is 55.9 Å². The van der Waals surface area contributed by atoms with Crippen molar-refractivity contribution in [2.45, 2.75) is 95.7 Å². The number of hydrogen-bond acceptors (Lipinski definition) is 3. The largest absolute Gasteiger partial charge is 0.481 e. The molecule has 3 rings (SSSR count). The minimum atomic E-state index is -0.725. The molecule has 0 heterocycles. The molecule has 3 fully saturated rings. The summed E-state index contributed by atoms with van der Waals surface area (Å²) in [5.74, 6) is 1.23. The van der Waals surface area contributed by atoms with Crippen LogP contribution in [-0.4, -0.2) is 33.5 Å². The lowest BCUT2D eigenvalue weighted by molar-refractivity contribution is -0.137. The summed E-state index contributed by atoms with van der Waals surface area (Å²) in [7, 11) is 0. The summed E-state index contributed by atoms with van der Waals surface area (Å²) in [6, 6.07) is 0. The fourth-order valence-electron chi connectivity index (χ4n) is 5.73. The number of hydrogen-bond donors (Lipinski definition) is 3. The number of unbranched alkanes of at least 4 members (excludes halogenated alkanes) is 1. The highest BCUT2D eigenvalue weighted by atomic mass is 16.4. The van der Waals surface area contributed by atoms with Gasteiger partial charge in [0.2, 0.25) is 0 Å². The van der Waals surface area contributed by atoms with Crippen molar-refractivity contribution in [2.75, 3.05) is 0 Å². The summed E-state index contributed by atoms with van der Waals surface area (Å²) in [6.45, 7) is 0. The van der Waals surface area contributed by atoms with E-state index in [4.69, 9.17) is 5.11 Å². The van der Waals surface area contributed by atoms with E-state index in [1.165, 1.54) is 37.7 Å². The normalized spacial score (nSPS) is 33.6. The van der Waals surface area contributed by atoms with Gasteiger partial charge in [-0.05, 0) is 62.7 Å². The molecular formula is C24H38O4. The van der Waals surface area contributed by atoms with Crippen LogP contribution in [0.2, 0.25) is 0 Å². The fraction of sp³-hybridized carbons (Fsp3) is 0.792. The number of allylic oxidation sites excluding steroid dienone is 2. The highest BCUT2D eigenvalue weighted by Gasteiger charge is 2.44. The van der Waals surface area contributed by atoms with Crippen LogP contribution in [-0.2, 0) is 4.79 Å². The van der Waals surface area contributed by atoms with E-state index in [-0.39, 0.29) is 24.5 Å². The first-order chi connectivity index (χ1) is 13.5. The first kappa shape index (κ1) is 21.6. The zero-order chi connectivity index (χ0) is 19.9. The van der Waals surface area contributed by atoms with E-state index in [0.717, 1.165) is 44.4 Å². The molecule has 0 radical (unpaired) electrons. The maximum absolute atomic E-state index is 10.6. The number of carboxylic acid groups (broad SMARTS) is 1. The number of rotatable bonds is 9. The van der Waals surface area contributed by atoms with Gasteiger partial charge in [0.05, 0.1) is 12.2 Å². The van der Waals surface area contributed by atoms with Gasteiger partial charge in [-0.3, -0.25) is 4.79 Å². The summed E-state index contributed by atoms with van der Waals surface area (Å²) in [4.78, 5) is 10.6. The van der Waals surface area contributed by atoms with Gasteiger partial charge in [-0.2, -0.15) is 0 Å². The maximum atomic E-state index is 10.6. The third-order valence-electron chi connectivity index (χ3n) is 7.29. The quantitative estimate of drug-likeness (QED) is 0.388. The van der Waals surface area contributed by atoms with Gasteiger partial charge in [-0.15, -0.1) is 0 Å². The smallest absolute Gasteiger partial charge is 0.303 e. The van der Waals surface area contributed by atoms with Gasteiger partial charge in [0.25, 0.3) is 0 Å². The van der Waals surface area contributed by atoms with E-state index in [1.54, 1.807) is 0 Å². The molecule has 0 amide bonds. The Kier molecular flexibility index (Phi) is 8.16. The highest BCUT2D eigenvalue weighted by molar-refractivity contribution is 5.66. The van der Waals surface area contributed by atoms with Gasteiger partial charge < -0.3 is 15.3 Å². The van der Waals surface area contributed by atoms with Crippen LogP contribution >= 0.6 is 0 Å². The Hall–Kier alpha value is -1.13. The molecular weight excluding hydrogens is 352 g/mol. The Balaban J connectivity index is 1.44. The van der Waals surface area contributed by atoms with Crippen molar-refractivity contribution in [3.63, 3.8) is 0 Å². The molecule has 0 unspecified atom stereocenters. The van der Waals surface area contributed by atoms with Gasteiger partial charge in [0, 0.05) is 12.3 Å². The second kappa shape index (κ2) is 10.6. The molecule has 5 atom stereocenters. The SMILES string of the molecule is O=C(O)CCC/C=C1\C[C@@H]2C[C@@H](O)[C@H](/C=C/[C@H](O)CCC3CCCCC3)[C@H]2C1. The molecule has 3 saturated carbocycles. The Morgan fingerprint density at radius 1 is 1.18 bits per heavy atom. The lowest BCUT2D eigenvalue weighted by Gasteiger charge is -2.22. The van der Waals surface area contributed by atoms with Crippen LogP contribution in [0.5, 0.6) is 0 Å². The second-order valence-electron chi connectivity index (χ2n) is 9.39. The molecule has 4 heteroatoms. The van der Waals surface area contributed by atoms with Gasteiger partial charge >= 0.3 is 5.97 Å². The topological polar surface area (TPSA) is 77.8 Å². The lowest BCUT2D eigenvalue weighted by atomic mass is 9.85. The maximum Gasteiger partial charge on any atom is 0.303 e. The molecule has 3 aliphatic carbocycles. The van der Waals surface area contributed by atoms with Crippen LogP contribution in [0.4, 0.5) is 0 Å². The van der Waals surface area contributed by atoms with Crippen molar-refractivity contribution in [3.8, 4) is 0 Å². The number of carboxylic acids is 1. The Labute approximate surface area is 169 Å². The number of carbonyl (C=O) groups is 1. The Morgan fingerprint density at radius 2 is 1.96 bits per heavy atom. The molecule has 0 bridgehead atoms. The van der Waals surface area contributed by atoms with Crippen LogP contribution in [0, 0.1) is 23.7 Å². The standard InChI is InChI=1S/C24H38O4/c25-20(11-10-17-6-2-1-3-7-17)12-13-21-22-15-18(8-4-5-9-24(27)28)14-19(22)16-23(21)26/h8,12-13,17,19-23,25-26H,1-7,9-11,14-16H2,(H,27,28)/b13-12+,18-8+/t19-,20-,21-,22+,23-/m1/s1. The van der Waals surface area contributed by atoms with Gasteiger partial charge in [0.1, 0.15) is 0 Å². The molecule has 0 aromatic rings. The summed E-state index contributed by atoms with van der Waals surface area (Å²) < 4.78 is 0. The average molecular weight is 391 g/mol. The van der Waals surface area contributed by atoms with E-state index in [1.807, 2.05) is 6.08 Å². The van der Waals surface area contributed by atoms with Crippen molar-refractivity contribution < 1.29 is 20.1 Å². The second-order valence-corrected chi connectivity index (χ2v) is 9.39. The Bertz CT molecular complexity index is 561. The molecule has 0 spiro atoms. The van der Waals surface area contributed by atoms with E-state index in [9.17, 15) is 15.0 Å². The molecule has 3 aliphatic rings. The zero-order valence-electron chi connectivity index (χ0n) is 17.1. The van der Waals surface area contributed by atoms with Crippen LogP contribution in [0.1, 0.15) is 83.5 Å². The number of fused-ring (bicyclic) bond motifs is 1. The minimum Gasteiger partial charge on any atom is -0.481 e. The highest BCUT2D eigenvalue weighted by Crippen LogP contribution is 2.50. The summed E-state index contributed by atoms with van der Waals surface area (Å²) in [6.07, 6.45) is 18.9. The summed E-state index contributed by atoms with van der Waals surface area (Å²) in [5, 5.41) is 29.6. The molecule has 158 valence electrons. The van der Waals surface area contributed by atoms with Crippen LogP contribution in [0.25, 0.3) is 0 Å². The van der Waals surface area contributed by atoms with Crippen LogP contribution in [0.15, 0.2) is 23.8 Å². The average Bonchev–Trinajstić information content (AvgIpc) is 3.19. The van der Waals surface area contributed by atoms with E-state index >= 15 is 0 Å². The molecule has 0 aromatic carbocycles. The van der Waals surface area contributed by atoms with Gasteiger partial charge in [-0.25, -0.2) is 0 Å². The zero-order valence-corrected chi connectivity index (χ0v) is 17.1. The fourth-order valence-corrected chi connectivity index (χ4v) is 5.73. The third-order valence-corrected chi connectivity index (χ3v) is 7.29. The number of aliphatic carboxylic acids is 1. The predicted molar refractivity (Wildman–Crippen MR) is 111 cm³/mol. The number of aliphatic hydroxyl groups excluding tert-OH is 2. The van der Waals surface area contributed by atoms with Crippen LogP contribution < -0.4 is 0 Å². The monoisotopic (exact) mass is 390 g/mol. The lowest BCUT2D eigenvalue weighted by Crippen LogP contribution is -2.18. The molecule has 0 aliphatic heterocycles. The predicted octanol–water partition coefficient (Wildman–Crippen LogP) is 4.85. The summed E-state index contributed by atoms with van der Waals surface area (Å²) in [5.41, 5.74) is 1.43. The van der Waals surface area contributed by atoms with Crippen molar-refractivity contribution in [1.82, 2.24) is 0 Å². The van der Waals surface area contributed by atoms with Gasteiger partial charge in [0.15, 0.2) is 0 Å². The first-order valence-electron chi connectivity index (χ1n) is 11.5. The molecule has 0 saturated heterocycles. The van der Waals surface area contributed by atoms with E-state index < -0.39 is 5.97 Å². The first-order valence-corrected chi connectivity index (χ1v) is 11.5. The van der Waals surface area contributed by atoms with Crippen molar-refractivity contribution >= 4 is 5.97 Å². The van der Waals surface area contributed by atoms with Crippen molar-refractivity contribution in [1.29, 1.82) is 0 Å². The Morgan fingerprint density at radius 3 is 2.71 bits per heavy atom. The van der Waals surface area contributed by atoms with Crippen molar-refractivity contribution in [2.24, 2.45) is 23.7 Å². The molecule has 4 nitrogen and oxygen atoms in total. The third kappa shape index (κ3) is 6.18. The van der Waals surface area contributed by atoms with Crippen LogP contribution in [0.3, 0.4) is 0 Å². The van der Waals surface area contributed by atoms with E-state index in [0.29, 0.717) is 18.3 Å². The van der Waals surface area contributed by atoms with Crippen molar-refractivity contribution in [3.05, 3.63) is 23.8 Å².